The maximum atomic E-state index is 12.0. The first kappa shape index (κ1) is 19.5. The summed E-state index contributed by atoms with van der Waals surface area (Å²) in [5, 5.41) is 37.6. The summed E-state index contributed by atoms with van der Waals surface area (Å²) in [6.07, 6.45) is 2.74. The van der Waals surface area contributed by atoms with E-state index < -0.39 is 10.8 Å². The van der Waals surface area contributed by atoms with Gasteiger partial charge in [0.15, 0.2) is 0 Å². The van der Waals surface area contributed by atoms with Crippen LogP contribution in [0, 0.1) is 10.4 Å². The van der Waals surface area contributed by atoms with Crippen LogP contribution in [0.25, 0.3) is 0 Å². The van der Waals surface area contributed by atoms with Crippen molar-refractivity contribution in [1.29, 1.82) is 0 Å². The number of amides is 1. The molecule has 0 spiro atoms. The van der Waals surface area contributed by atoms with Crippen LogP contribution in [0.1, 0.15) is 21.5 Å². The van der Waals surface area contributed by atoms with Crippen LogP contribution in [0.4, 0.5) is 0 Å². The molecule has 3 rings (SSSR count). The second-order valence-corrected chi connectivity index (χ2v) is 5.85. The van der Waals surface area contributed by atoms with Crippen LogP contribution in [-0.4, -0.2) is 39.1 Å². The quantitative estimate of drug-likeness (QED) is 0.407. The summed E-state index contributed by atoms with van der Waals surface area (Å²) in [7, 11) is 1.51. The molecular weight excluding hydrogens is 380 g/mol. The van der Waals surface area contributed by atoms with E-state index in [4.69, 9.17) is 4.74 Å². The number of benzene rings is 2. The predicted octanol–water partition coefficient (Wildman–Crippen LogP) is 0.505. The molecule has 11 heteroatoms. The topological polar surface area (TPSA) is 154 Å². The largest absolute Gasteiger partial charge is 0.744 e. The van der Waals surface area contributed by atoms with Crippen molar-refractivity contribution in [1.82, 2.24) is 25.1 Å². The molecule has 0 atom stereocenters. The SMILES string of the molecule is COc1ccc(/C=N/NC(=O)c2ccccc2O)cc1Cn1cnc(=[N+]([O-])[O-])[nH]1. The molecule has 1 heterocycles. The number of carbonyl (C=O) groups excluding carboxylic acids is 1. The number of nitrogens with one attached hydrogen (secondary N) is 2. The van der Waals surface area contributed by atoms with Gasteiger partial charge in [0.2, 0.25) is 6.33 Å². The molecule has 3 aromatic rings. The lowest BCUT2D eigenvalue weighted by Crippen LogP contribution is -2.23. The van der Waals surface area contributed by atoms with Gasteiger partial charge in [-0.3, -0.25) is 9.70 Å². The second kappa shape index (κ2) is 8.61. The number of nitrogens with zero attached hydrogens (tertiary/aromatic N) is 4. The number of rotatable bonds is 6. The van der Waals surface area contributed by atoms with E-state index in [0.717, 1.165) is 0 Å². The second-order valence-electron chi connectivity index (χ2n) is 5.85. The lowest BCUT2D eigenvalue weighted by atomic mass is 10.1. The number of para-hydroxylation sites is 1. The van der Waals surface area contributed by atoms with Gasteiger partial charge in [-0.25, -0.2) is 10.1 Å². The lowest BCUT2D eigenvalue weighted by molar-refractivity contribution is 0.0952. The number of phenolic OH excluding ortho intramolecular Hbond substituents is 1. The molecule has 3 N–H and O–H groups in total. The molecule has 0 fully saturated rings. The Balaban J connectivity index is 1.75. The average molecular weight is 397 g/mol. The summed E-state index contributed by atoms with van der Waals surface area (Å²) in [6, 6.07) is 11.3. The van der Waals surface area contributed by atoms with Crippen LogP contribution in [0.15, 0.2) is 53.9 Å². The Labute approximate surface area is 164 Å². The van der Waals surface area contributed by atoms with Crippen molar-refractivity contribution < 1.29 is 14.6 Å². The van der Waals surface area contributed by atoms with Crippen LogP contribution >= 0.6 is 0 Å². The number of aromatic hydroxyl groups is 1. The van der Waals surface area contributed by atoms with Gasteiger partial charge in [-0.15, -0.1) is 0 Å². The van der Waals surface area contributed by atoms with Crippen molar-refractivity contribution in [3.8, 4) is 11.5 Å². The molecular formula is C18H17N6O5-. The van der Waals surface area contributed by atoms with Crippen molar-refractivity contribution >= 4 is 12.1 Å². The van der Waals surface area contributed by atoms with Gasteiger partial charge in [0.25, 0.3) is 5.91 Å². The molecule has 1 aromatic heterocycles. The normalized spacial score (nSPS) is 10.8. The summed E-state index contributed by atoms with van der Waals surface area (Å²) < 4.78 is 6.76. The first-order valence-electron chi connectivity index (χ1n) is 8.35. The van der Waals surface area contributed by atoms with Crippen LogP contribution in [0.2, 0.25) is 0 Å². The third-order valence-electron chi connectivity index (χ3n) is 3.91. The fraction of sp³-hybridized carbons (Fsp3) is 0.111. The zero-order chi connectivity index (χ0) is 20.8. The van der Waals surface area contributed by atoms with Crippen molar-refractivity contribution in [3.05, 3.63) is 81.5 Å². The van der Waals surface area contributed by atoms with Gasteiger partial charge in [-0.1, -0.05) is 17.1 Å². The summed E-state index contributed by atoms with van der Waals surface area (Å²) in [5.74, 6) is -0.115. The predicted molar refractivity (Wildman–Crippen MR) is 104 cm³/mol. The molecule has 2 aromatic carbocycles. The number of phenols is 1. The van der Waals surface area contributed by atoms with E-state index in [1.165, 1.54) is 36.5 Å². The number of hydrogen-bond donors (Lipinski definition) is 3. The van der Waals surface area contributed by atoms with Gasteiger partial charge in [0.05, 0.1) is 25.4 Å². The number of aromatic nitrogens is 3. The minimum absolute atomic E-state index is 0.109. The molecule has 0 aliphatic rings. The van der Waals surface area contributed by atoms with Crippen LogP contribution in [0.3, 0.4) is 0 Å². The third-order valence-corrected chi connectivity index (χ3v) is 3.91. The summed E-state index contributed by atoms with van der Waals surface area (Å²) in [5.41, 5.74) is 3.46. The smallest absolute Gasteiger partial charge is 0.411 e. The number of hydrazone groups is 1. The molecule has 0 saturated carbocycles. The average Bonchev–Trinajstić information content (AvgIpc) is 3.17. The van der Waals surface area contributed by atoms with Gasteiger partial charge in [0.1, 0.15) is 11.5 Å². The van der Waals surface area contributed by atoms with Crippen LogP contribution < -0.4 is 20.7 Å². The first-order chi connectivity index (χ1) is 14.0. The highest BCUT2D eigenvalue weighted by Gasteiger charge is 2.10. The molecule has 0 aliphatic heterocycles. The Morgan fingerprint density at radius 1 is 1.38 bits per heavy atom. The molecule has 11 nitrogen and oxygen atoms in total. The number of methoxy groups -OCH3 is 1. The molecule has 29 heavy (non-hydrogen) atoms. The Bertz CT molecular complexity index is 1110. The zero-order valence-electron chi connectivity index (χ0n) is 15.3. The zero-order valence-corrected chi connectivity index (χ0v) is 15.3. The van der Waals surface area contributed by atoms with Crippen molar-refractivity contribution in [2.24, 2.45) is 5.10 Å². The summed E-state index contributed by atoms with van der Waals surface area (Å²) >= 11 is 0. The Morgan fingerprint density at radius 2 is 2.17 bits per heavy atom. The molecule has 0 saturated heterocycles. The summed E-state index contributed by atoms with van der Waals surface area (Å²) in [6.45, 7) is 0.246. The highest BCUT2D eigenvalue weighted by molar-refractivity contribution is 5.97. The van der Waals surface area contributed by atoms with Gasteiger partial charge < -0.3 is 20.3 Å². The van der Waals surface area contributed by atoms with Crippen LogP contribution in [0.5, 0.6) is 11.5 Å². The Morgan fingerprint density at radius 3 is 2.86 bits per heavy atom. The highest BCUT2D eigenvalue weighted by atomic mass is 16.8. The van der Waals surface area contributed by atoms with Gasteiger partial charge >= 0.3 is 5.62 Å². The third kappa shape index (κ3) is 4.71. The van der Waals surface area contributed by atoms with Gasteiger partial charge in [0, 0.05) is 5.56 Å². The molecule has 0 unspecified atom stereocenters. The van der Waals surface area contributed by atoms with Gasteiger partial charge in [-0.05, 0) is 35.9 Å². The van der Waals surface area contributed by atoms with Gasteiger partial charge in [-0.2, -0.15) is 10.2 Å². The van der Waals surface area contributed by atoms with E-state index in [1.807, 2.05) is 0 Å². The van der Waals surface area contributed by atoms with E-state index in [-0.39, 0.29) is 23.5 Å². The Kier molecular flexibility index (Phi) is 5.78. The maximum absolute atomic E-state index is 12.0. The van der Waals surface area contributed by atoms with E-state index >= 15 is 0 Å². The first-order valence-corrected chi connectivity index (χ1v) is 8.35. The number of hydrogen-bond acceptors (Lipinski definition) is 7. The van der Waals surface area contributed by atoms with Crippen molar-refractivity contribution in [2.45, 2.75) is 6.54 Å². The fourth-order valence-corrected chi connectivity index (χ4v) is 2.56. The van der Waals surface area contributed by atoms with E-state index in [1.54, 1.807) is 30.3 Å². The molecule has 0 radical (unpaired) electrons. The van der Waals surface area contributed by atoms with Crippen molar-refractivity contribution in [2.75, 3.05) is 7.11 Å². The lowest BCUT2D eigenvalue weighted by Gasteiger charge is -2.10. The minimum Gasteiger partial charge on any atom is -0.744 e. The standard InChI is InChI=1S/C18H17N6O5/c1-29-16-7-6-12(8-13(16)10-23-11-19-18(22-23)24(27)28)9-20-21-17(26)14-4-2-3-5-15(14)25/h2-9,11,22H,10H2,1H3,(H2-,21,25,26,27,28)/q-1/b20-9+. The molecule has 0 bridgehead atoms. The van der Waals surface area contributed by atoms with Crippen LogP contribution in [-0.2, 0) is 6.54 Å². The number of aromatic amines is 1. The highest BCUT2D eigenvalue weighted by Crippen LogP contribution is 2.20. The maximum Gasteiger partial charge on any atom is 0.411 e. The number of carbonyl (C=O) groups is 1. The monoisotopic (exact) mass is 397 g/mol. The van der Waals surface area contributed by atoms with E-state index in [0.29, 0.717) is 16.9 Å². The molecule has 150 valence electrons. The number of H-pyrrole nitrogens is 1. The number of ether oxygens (including phenoxy) is 1. The van der Waals surface area contributed by atoms with E-state index in [9.17, 15) is 20.3 Å². The fourth-order valence-electron chi connectivity index (χ4n) is 2.56. The van der Waals surface area contributed by atoms with Crippen molar-refractivity contribution in [3.63, 3.8) is 0 Å². The molecule has 0 aliphatic carbocycles. The molecule has 1 amide bonds. The summed E-state index contributed by atoms with van der Waals surface area (Å²) in [4.78, 5) is 15.1. The van der Waals surface area contributed by atoms with E-state index in [2.05, 4.69) is 20.6 Å². The minimum atomic E-state index is -0.621. The Hall–Kier alpha value is -4.28.